The van der Waals surface area contributed by atoms with Crippen molar-refractivity contribution in [2.24, 2.45) is 5.92 Å². The van der Waals surface area contributed by atoms with Crippen molar-refractivity contribution < 1.29 is 13.2 Å². The number of hydrogen-bond acceptors (Lipinski definition) is 2. The van der Waals surface area contributed by atoms with Crippen LogP contribution in [0.25, 0.3) is 0 Å². The molecule has 0 saturated heterocycles. The first kappa shape index (κ1) is 12.0. The number of rotatable bonds is 1. The SMILES string of the molecule is CC1CC(n2c(C(F)(F)F)nc3c2CCNC3)C1. The van der Waals surface area contributed by atoms with Crippen LogP contribution in [0.3, 0.4) is 0 Å². The molecule has 6 heteroatoms. The molecule has 1 aliphatic carbocycles. The van der Waals surface area contributed by atoms with Crippen LogP contribution in [0.5, 0.6) is 0 Å². The summed E-state index contributed by atoms with van der Waals surface area (Å²) < 4.78 is 40.6. The van der Waals surface area contributed by atoms with E-state index in [9.17, 15) is 13.2 Å². The number of hydrogen-bond donors (Lipinski definition) is 1. The van der Waals surface area contributed by atoms with Gasteiger partial charge in [-0.15, -0.1) is 0 Å². The van der Waals surface area contributed by atoms with E-state index in [-0.39, 0.29) is 6.04 Å². The van der Waals surface area contributed by atoms with Crippen LogP contribution >= 0.6 is 0 Å². The molecule has 0 radical (unpaired) electrons. The van der Waals surface area contributed by atoms with E-state index in [0.29, 0.717) is 24.6 Å². The van der Waals surface area contributed by atoms with Gasteiger partial charge in [-0.05, 0) is 18.8 Å². The predicted octanol–water partition coefficient (Wildman–Crippen LogP) is 2.52. The number of nitrogens with one attached hydrogen (secondary N) is 1. The zero-order chi connectivity index (χ0) is 12.9. The number of imidazole rings is 1. The van der Waals surface area contributed by atoms with Crippen molar-refractivity contribution in [3.63, 3.8) is 0 Å². The van der Waals surface area contributed by atoms with E-state index in [2.05, 4.69) is 17.2 Å². The van der Waals surface area contributed by atoms with Crippen LogP contribution in [-0.2, 0) is 19.1 Å². The molecule has 1 saturated carbocycles. The van der Waals surface area contributed by atoms with Gasteiger partial charge in [-0.1, -0.05) is 6.92 Å². The molecular formula is C12H16F3N3. The smallest absolute Gasteiger partial charge is 0.321 e. The summed E-state index contributed by atoms with van der Waals surface area (Å²) >= 11 is 0. The summed E-state index contributed by atoms with van der Waals surface area (Å²) in [6.45, 7) is 3.26. The molecule has 0 bridgehead atoms. The summed E-state index contributed by atoms with van der Waals surface area (Å²) in [5.41, 5.74) is 1.37. The summed E-state index contributed by atoms with van der Waals surface area (Å²) in [4.78, 5) is 3.83. The van der Waals surface area contributed by atoms with E-state index in [0.717, 1.165) is 25.1 Å². The van der Waals surface area contributed by atoms with Gasteiger partial charge in [0.25, 0.3) is 0 Å². The molecule has 0 amide bonds. The van der Waals surface area contributed by atoms with Gasteiger partial charge in [0.05, 0.1) is 5.69 Å². The molecule has 18 heavy (non-hydrogen) atoms. The molecule has 0 spiro atoms. The molecule has 1 fully saturated rings. The van der Waals surface area contributed by atoms with Crippen molar-refractivity contribution in [3.05, 3.63) is 17.2 Å². The Morgan fingerprint density at radius 1 is 1.33 bits per heavy atom. The van der Waals surface area contributed by atoms with E-state index in [1.807, 2.05) is 0 Å². The fourth-order valence-electron chi connectivity index (χ4n) is 3.00. The molecule has 0 unspecified atom stereocenters. The minimum Gasteiger partial charge on any atom is -0.321 e. The largest absolute Gasteiger partial charge is 0.449 e. The lowest BCUT2D eigenvalue weighted by molar-refractivity contribution is -0.149. The first-order chi connectivity index (χ1) is 8.47. The maximum absolute atomic E-state index is 13.0. The first-order valence-electron chi connectivity index (χ1n) is 6.34. The van der Waals surface area contributed by atoms with Gasteiger partial charge in [-0.25, -0.2) is 4.98 Å². The maximum Gasteiger partial charge on any atom is 0.449 e. The average molecular weight is 259 g/mol. The van der Waals surface area contributed by atoms with E-state index >= 15 is 0 Å². The molecule has 3 rings (SSSR count). The number of halogens is 3. The van der Waals surface area contributed by atoms with Gasteiger partial charge < -0.3 is 9.88 Å². The Labute approximate surface area is 103 Å². The fourth-order valence-corrected chi connectivity index (χ4v) is 3.00. The van der Waals surface area contributed by atoms with Crippen molar-refractivity contribution in [2.45, 2.75) is 44.9 Å². The lowest BCUT2D eigenvalue weighted by Gasteiger charge is -2.36. The molecular weight excluding hydrogens is 243 g/mol. The summed E-state index contributed by atoms with van der Waals surface area (Å²) in [5.74, 6) is -0.177. The van der Waals surface area contributed by atoms with Crippen LogP contribution in [-0.4, -0.2) is 16.1 Å². The molecule has 0 atom stereocenters. The van der Waals surface area contributed by atoms with Gasteiger partial charge in [0.15, 0.2) is 0 Å². The molecule has 2 heterocycles. The highest BCUT2D eigenvalue weighted by Crippen LogP contribution is 2.43. The normalized spacial score (nSPS) is 27.8. The zero-order valence-corrected chi connectivity index (χ0v) is 10.2. The third-order valence-electron chi connectivity index (χ3n) is 3.89. The Morgan fingerprint density at radius 3 is 2.67 bits per heavy atom. The lowest BCUT2D eigenvalue weighted by atomic mass is 9.81. The number of nitrogens with zero attached hydrogens (tertiary/aromatic N) is 2. The number of aromatic nitrogens is 2. The Hall–Kier alpha value is -1.04. The molecule has 1 aliphatic heterocycles. The Bertz CT molecular complexity index is 458. The predicted molar refractivity (Wildman–Crippen MR) is 60.1 cm³/mol. The van der Waals surface area contributed by atoms with E-state index in [1.54, 1.807) is 0 Å². The van der Waals surface area contributed by atoms with Gasteiger partial charge >= 0.3 is 6.18 Å². The van der Waals surface area contributed by atoms with E-state index < -0.39 is 12.0 Å². The summed E-state index contributed by atoms with van der Waals surface area (Å²) in [7, 11) is 0. The van der Waals surface area contributed by atoms with Crippen LogP contribution in [0.1, 0.15) is 43.0 Å². The van der Waals surface area contributed by atoms with Crippen LogP contribution in [0.4, 0.5) is 13.2 Å². The highest BCUT2D eigenvalue weighted by Gasteiger charge is 2.42. The van der Waals surface area contributed by atoms with Crippen LogP contribution in [0, 0.1) is 5.92 Å². The minimum absolute atomic E-state index is 0.00836. The van der Waals surface area contributed by atoms with Crippen molar-refractivity contribution in [2.75, 3.05) is 6.54 Å². The van der Waals surface area contributed by atoms with Crippen molar-refractivity contribution in [3.8, 4) is 0 Å². The average Bonchev–Trinajstić information content (AvgIpc) is 2.63. The Kier molecular flexibility index (Phi) is 2.66. The van der Waals surface area contributed by atoms with Gasteiger partial charge in [0.1, 0.15) is 0 Å². The monoisotopic (exact) mass is 259 g/mol. The van der Waals surface area contributed by atoms with Crippen LogP contribution in [0.15, 0.2) is 0 Å². The summed E-state index contributed by atoms with van der Waals surface area (Å²) in [5, 5.41) is 3.07. The second-order valence-corrected chi connectivity index (χ2v) is 5.35. The molecule has 1 aromatic rings. The number of fused-ring (bicyclic) bond motifs is 1. The minimum atomic E-state index is -4.35. The summed E-state index contributed by atoms with van der Waals surface area (Å²) in [6.07, 6.45) is -2.04. The first-order valence-corrected chi connectivity index (χ1v) is 6.34. The lowest BCUT2D eigenvalue weighted by Crippen LogP contribution is -2.32. The van der Waals surface area contributed by atoms with Crippen LogP contribution < -0.4 is 5.32 Å². The Balaban J connectivity index is 2.05. The fraction of sp³-hybridized carbons (Fsp3) is 0.750. The van der Waals surface area contributed by atoms with Gasteiger partial charge in [-0.3, -0.25) is 0 Å². The molecule has 100 valence electrons. The standard InChI is InChI=1S/C12H16F3N3/c1-7-4-8(5-7)18-10-2-3-16-6-9(10)17-11(18)12(13,14)15/h7-8,16H,2-6H2,1H3. The Morgan fingerprint density at radius 2 is 2.06 bits per heavy atom. The highest BCUT2D eigenvalue weighted by atomic mass is 19.4. The second-order valence-electron chi connectivity index (χ2n) is 5.35. The third-order valence-corrected chi connectivity index (χ3v) is 3.89. The molecule has 3 nitrogen and oxygen atoms in total. The zero-order valence-electron chi connectivity index (χ0n) is 10.2. The molecule has 1 aromatic heterocycles. The topological polar surface area (TPSA) is 29.9 Å². The third kappa shape index (κ3) is 1.83. The van der Waals surface area contributed by atoms with Crippen molar-refractivity contribution in [1.82, 2.24) is 14.9 Å². The van der Waals surface area contributed by atoms with Gasteiger partial charge in [0, 0.05) is 31.2 Å². The van der Waals surface area contributed by atoms with Gasteiger partial charge in [-0.2, -0.15) is 13.2 Å². The maximum atomic E-state index is 13.0. The second kappa shape index (κ2) is 3.98. The molecule has 0 aromatic carbocycles. The van der Waals surface area contributed by atoms with Crippen LogP contribution in [0.2, 0.25) is 0 Å². The highest BCUT2D eigenvalue weighted by molar-refractivity contribution is 5.23. The quantitative estimate of drug-likeness (QED) is 0.840. The van der Waals surface area contributed by atoms with E-state index in [1.165, 1.54) is 4.57 Å². The number of alkyl halides is 3. The molecule has 2 aliphatic rings. The van der Waals surface area contributed by atoms with Crippen molar-refractivity contribution >= 4 is 0 Å². The van der Waals surface area contributed by atoms with E-state index in [4.69, 9.17) is 0 Å². The van der Waals surface area contributed by atoms with Crippen molar-refractivity contribution in [1.29, 1.82) is 0 Å². The van der Waals surface area contributed by atoms with Gasteiger partial charge in [0.2, 0.25) is 5.82 Å². The molecule has 1 N–H and O–H groups in total. The summed E-state index contributed by atoms with van der Waals surface area (Å²) in [6, 6.07) is -0.00836.